The molecule has 3 rings (SSSR count). The van der Waals surface area contributed by atoms with Gasteiger partial charge in [-0.3, -0.25) is 4.68 Å². The molecule has 0 aliphatic rings. The number of carboxylic acid groups (broad SMARTS) is 1. The highest BCUT2D eigenvalue weighted by Crippen LogP contribution is 2.20. The number of hydrogen-bond donors (Lipinski definition) is 1. The van der Waals surface area contributed by atoms with Gasteiger partial charge in [0.2, 0.25) is 0 Å². The molecule has 0 fully saturated rings. The maximum atomic E-state index is 10.8. The van der Waals surface area contributed by atoms with Gasteiger partial charge in [0.15, 0.2) is 0 Å². The average molecular weight is 311 g/mol. The fourth-order valence-corrected chi connectivity index (χ4v) is 2.65. The summed E-state index contributed by atoms with van der Waals surface area (Å²) in [7, 11) is 1.89. The van der Waals surface area contributed by atoms with Crippen molar-refractivity contribution in [2.75, 3.05) is 0 Å². The molecule has 2 heterocycles. The SMILES string of the molecule is Cn1cc(-c2ccc(/C=C/c3ncc(C(=O)O)s3)cc2)cn1. The lowest BCUT2D eigenvalue weighted by molar-refractivity contribution is 0.0702. The predicted octanol–water partition coefficient (Wildman–Crippen LogP) is 3.41. The number of thiazole rings is 1. The zero-order chi connectivity index (χ0) is 15.5. The maximum Gasteiger partial charge on any atom is 0.347 e. The molecule has 1 aromatic carbocycles. The van der Waals surface area contributed by atoms with Crippen LogP contribution in [0.5, 0.6) is 0 Å². The second kappa shape index (κ2) is 5.95. The van der Waals surface area contributed by atoms with Crippen LogP contribution in [0.25, 0.3) is 23.3 Å². The van der Waals surface area contributed by atoms with Crippen LogP contribution in [0.15, 0.2) is 42.9 Å². The number of rotatable bonds is 4. The van der Waals surface area contributed by atoms with Gasteiger partial charge in [-0.1, -0.05) is 30.3 Å². The van der Waals surface area contributed by atoms with E-state index in [1.165, 1.54) is 6.20 Å². The molecule has 5 nitrogen and oxygen atoms in total. The summed E-state index contributed by atoms with van der Waals surface area (Å²) in [5.41, 5.74) is 3.21. The Kier molecular flexibility index (Phi) is 3.84. The first-order chi connectivity index (χ1) is 10.6. The lowest BCUT2D eigenvalue weighted by Crippen LogP contribution is -1.89. The maximum absolute atomic E-state index is 10.8. The van der Waals surface area contributed by atoms with E-state index in [-0.39, 0.29) is 4.88 Å². The van der Waals surface area contributed by atoms with Crippen LogP contribution in [0.4, 0.5) is 0 Å². The van der Waals surface area contributed by atoms with Gasteiger partial charge in [-0.15, -0.1) is 11.3 Å². The Bertz CT molecular complexity index is 831. The fourth-order valence-electron chi connectivity index (χ4n) is 1.99. The number of aryl methyl sites for hydroxylation is 1. The second-order valence-corrected chi connectivity index (χ2v) is 5.79. The molecular weight excluding hydrogens is 298 g/mol. The van der Waals surface area contributed by atoms with Crippen molar-refractivity contribution in [1.29, 1.82) is 0 Å². The summed E-state index contributed by atoms with van der Waals surface area (Å²) in [5, 5.41) is 13.7. The highest BCUT2D eigenvalue weighted by atomic mass is 32.1. The summed E-state index contributed by atoms with van der Waals surface area (Å²) >= 11 is 1.15. The normalized spacial score (nSPS) is 11.1. The Morgan fingerprint density at radius 2 is 1.95 bits per heavy atom. The number of aromatic nitrogens is 3. The molecule has 0 aliphatic carbocycles. The monoisotopic (exact) mass is 311 g/mol. The van der Waals surface area contributed by atoms with Crippen molar-refractivity contribution >= 4 is 29.5 Å². The molecule has 6 heteroatoms. The summed E-state index contributed by atoms with van der Waals surface area (Å²) < 4.78 is 1.77. The van der Waals surface area contributed by atoms with E-state index in [0.717, 1.165) is 28.0 Å². The molecule has 1 N–H and O–H groups in total. The van der Waals surface area contributed by atoms with Gasteiger partial charge in [0, 0.05) is 18.8 Å². The summed E-state index contributed by atoms with van der Waals surface area (Å²) in [6, 6.07) is 8.07. The van der Waals surface area contributed by atoms with Crippen LogP contribution < -0.4 is 0 Å². The first-order valence-electron chi connectivity index (χ1n) is 6.58. The fraction of sp³-hybridized carbons (Fsp3) is 0.0625. The van der Waals surface area contributed by atoms with E-state index in [2.05, 4.69) is 10.1 Å². The Morgan fingerprint density at radius 3 is 2.55 bits per heavy atom. The molecule has 0 atom stereocenters. The van der Waals surface area contributed by atoms with Crippen molar-refractivity contribution in [1.82, 2.24) is 14.8 Å². The molecule has 0 saturated heterocycles. The van der Waals surface area contributed by atoms with E-state index in [4.69, 9.17) is 5.11 Å². The van der Waals surface area contributed by atoms with Gasteiger partial charge in [0.25, 0.3) is 0 Å². The van der Waals surface area contributed by atoms with Gasteiger partial charge in [-0.25, -0.2) is 9.78 Å². The summed E-state index contributed by atoms with van der Waals surface area (Å²) in [4.78, 5) is 15.1. The van der Waals surface area contributed by atoms with Crippen LogP contribution in [0.3, 0.4) is 0 Å². The van der Waals surface area contributed by atoms with Crippen LogP contribution in [0.2, 0.25) is 0 Å². The van der Waals surface area contributed by atoms with Crippen molar-refractivity contribution < 1.29 is 9.90 Å². The molecule has 22 heavy (non-hydrogen) atoms. The number of hydrogen-bond acceptors (Lipinski definition) is 4. The zero-order valence-electron chi connectivity index (χ0n) is 11.8. The van der Waals surface area contributed by atoms with Gasteiger partial charge >= 0.3 is 5.97 Å². The van der Waals surface area contributed by atoms with E-state index in [9.17, 15) is 4.79 Å². The zero-order valence-corrected chi connectivity index (χ0v) is 12.6. The quantitative estimate of drug-likeness (QED) is 0.801. The number of aromatic carboxylic acids is 1. The number of nitrogens with zero attached hydrogens (tertiary/aromatic N) is 3. The third-order valence-electron chi connectivity index (χ3n) is 3.10. The first-order valence-corrected chi connectivity index (χ1v) is 7.40. The molecule has 0 aliphatic heterocycles. The van der Waals surface area contributed by atoms with Crippen molar-refractivity contribution in [3.63, 3.8) is 0 Å². The van der Waals surface area contributed by atoms with E-state index in [1.807, 2.05) is 55.9 Å². The van der Waals surface area contributed by atoms with Crippen molar-refractivity contribution in [2.24, 2.45) is 7.05 Å². The third-order valence-corrected chi connectivity index (χ3v) is 4.05. The summed E-state index contributed by atoms with van der Waals surface area (Å²) in [6.07, 6.45) is 8.90. The van der Waals surface area contributed by atoms with Gasteiger partial charge in [-0.05, 0) is 17.2 Å². The minimum atomic E-state index is -0.946. The van der Waals surface area contributed by atoms with Crippen LogP contribution >= 0.6 is 11.3 Å². The minimum Gasteiger partial charge on any atom is -0.477 e. The highest BCUT2D eigenvalue weighted by molar-refractivity contribution is 7.14. The standard InChI is InChI=1S/C16H13N3O2S/c1-19-10-13(8-18-19)12-5-2-11(3-6-12)4-7-15-17-9-14(22-15)16(20)21/h2-10H,1H3,(H,20,21)/b7-4+. The van der Waals surface area contributed by atoms with Crippen molar-refractivity contribution in [2.45, 2.75) is 0 Å². The minimum absolute atomic E-state index is 0.242. The summed E-state index contributed by atoms with van der Waals surface area (Å²) in [5.74, 6) is -0.946. The summed E-state index contributed by atoms with van der Waals surface area (Å²) in [6.45, 7) is 0. The smallest absolute Gasteiger partial charge is 0.347 e. The first kappa shape index (κ1) is 14.2. The Hall–Kier alpha value is -2.73. The van der Waals surface area contributed by atoms with Gasteiger partial charge in [0.05, 0.1) is 12.4 Å². The van der Waals surface area contributed by atoms with Gasteiger partial charge in [-0.2, -0.15) is 5.10 Å². The van der Waals surface area contributed by atoms with Gasteiger partial charge < -0.3 is 5.11 Å². The Morgan fingerprint density at radius 1 is 1.18 bits per heavy atom. The average Bonchev–Trinajstić information content (AvgIpc) is 3.15. The van der Waals surface area contributed by atoms with Crippen LogP contribution in [0, 0.1) is 0 Å². The molecule has 0 unspecified atom stereocenters. The van der Waals surface area contributed by atoms with E-state index in [0.29, 0.717) is 5.01 Å². The topological polar surface area (TPSA) is 68.0 Å². The molecular formula is C16H13N3O2S. The van der Waals surface area contributed by atoms with Crippen LogP contribution in [-0.4, -0.2) is 25.8 Å². The molecule has 2 aromatic heterocycles. The second-order valence-electron chi connectivity index (χ2n) is 4.73. The van der Waals surface area contributed by atoms with Crippen molar-refractivity contribution in [3.8, 4) is 11.1 Å². The number of carboxylic acids is 1. The largest absolute Gasteiger partial charge is 0.477 e. The molecule has 0 amide bonds. The Labute approximate surface area is 131 Å². The number of benzene rings is 1. The molecule has 0 saturated carbocycles. The third kappa shape index (κ3) is 3.12. The highest BCUT2D eigenvalue weighted by Gasteiger charge is 2.06. The molecule has 0 spiro atoms. The molecule has 0 radical (unpaired) electrons. The lowest BCUT2D eigenvalue weighted by atomic mass is 10.1. The van der Waals surface area contributed by atoms with Gasteiger partial charge in [0.1, 0.15) is 9.88 Å². The molecule has 110 valence electrons. The van der Waals surface area contributed by atoms with Crippen molar-refractivity contribution in [3.05, 3.63) is 58.3 Å². The van der Waals surface area contributed by atoms with E-state index >= 15 is 0 Å². The lowest BCUT2D eigenvalue weighted by Gasteiger charge is -1.98. The number of carbonyl (C=O) groups is 1. The van der Waals surface area contributed by atoms with E-state index in [1.54, 1.807) is 4.68 Å². The predicted molar refractivity (Wildman–Crippen MR) is 86.6 cm³/mol. The molecule has 3 aromatic rings. The van der Waals surface area contributed by atoms with Crippen LogP contribution in [-0.2, 0) is 7.05 Å². The Balaban J connectivity index is 1.75. The van der Waals surface area contributed by atoms with E-state index < -0.39 is 5.97 Å². The van der Waals surface area contributed by atoms with Crippen LogP contribution in [0.1, 0.15) is 20.2 Å². The molecule has 0 bridgehead atoms.